The first-order valence-corrected chi connectivity index (χ1v) is 6.79. The molecule has 1 aromatic rings. The van der Waals surface area contributed by atoms with Crippen molar-refractivity contribution in [1.29, 1.82) is 0 Å². The molecule has 4 nitrogen and oxygen atoms in total. The van der Waals surface area contributed by atoms with Crippen LogP contribution in [-0.4, -0.2) is 34.2 Å². The third-order valence-corrected chi connectivity index (χ3v) is 4.23. The second kappa shape index (κ2) is 5.40. The van der Waals surface area contributed by atoms with Gasteiger partial charge in [-0.2, -0.15) is 0 Å². The fourth-order valence-electron chi connectivity index (χ4n) is 2.85. The molecule has 0 radical (unpaired) electrons. The quantitative estimate of drug-likeness (QED) is 0.894. The van der Waals surface area contributed by atoms with Crippen molar-refractivity contribution in [3.63, 3.8) is 0 Å². The summed E-state index contributed by atoms with van der Waals surface area (Å²) in [5.74, 6) is -1.36. The third kappa shape index (κ3) is 2.77. The van der Waals surface area contributed by atoms with Gasteiger partial charge in [-0.1, -0.05) is 6.07 Å². The van der Waals surface area contributed by atoms with E-state index in [9.17, 15) is 19.4 Å². The lowest BCUT2D eigenvalue weighted by atomic mass is 9.81. The van der Waals surface area contributed by atoms with Gasteiger partial charge in [0.1, 0.15) is 11.6 Å². The van der Waals surface area contributed by atoms with Gasteiger partial charge < -0.3 is 10.2 Å². The summed E-state index contributed by atoms with van der Waals surface area (Å²) in [5.41, 5.74) is -0.136. The molecule has 0 spiro atoms. The molecule has 0 saturated carbocycles. The van der Waals surface area contributed by atoms with Crippen molar-refractivity contribution in [2.45, 2.75) is 32.7 Å². The maximum Gasteiger partial charge on any atom is 0.310 e. The minimum absolute atomic E-state index is 0.0832. The Kier molecular flexibility index (Phi) is 3.99. The van der Waals surface area contributed by atoms with Crippen LogP contribution >= 0.6 is 0 Å². The molecular weight excluding hydrogens is 261 g/mol. The Morgan fingerprint density at radius 3 is 2.80 bits per heavy atom. The van der Waals surface area contributed by atoms with Crippen molar-refractivity contribution in [1.82, 2.24) is 4.90 Å². The number of carboxylic acids is 1. The average molecular weight is 281 g/mol. The van der Waals surface area contributed by atoms with E-state index in [1.807, 2.05) is 11.8 Å². The SMILES string of the molecule is CC(c1ccc(F)cc1O)N1CCCC(C)(C(=O)O)C1. The van der Waals surface area contributed by atoms with Gasteiger partial charge >= 0.3 is 5.97 Å². The number of hydrogen-bond acceptors (Lipinski definition) is 3. The molecule has 0 amide bonds. The fourth-order valence-corrected chi connectivity index (χ4v) is 2.85. The molecular formula is C15H20FNO3. The zero-order valence-corrected chi connectivity index (χ0v) is 11.8. The highest BCUT2D eigenvalue weighted by Crippen LogP contribution is 2.36. The van der Waals surface area contributed by atoms with Gasteiger partial charge in [0, 0.05) is 24.2 Å². The first-order valence-electron chi connectivity index (χ1n) is 6.79. The molecule has 2 atom stereocenters. The van der Waals surface area contributed by atoms with Crippen LogP contribution in [0, 0.1) is 11.2 Å². The molecule has 20 heavy (non-hydrogen) atoms. The van der Waals surface area contributed by atoms with E-state index in [2.05, 4.69) is 0 Å². The van der Waals surface area contributed by atoms with Crippen LogP contribution in [0.2, 0.25) is 0 Å². The van der Waals surface area contributed by atoms with E-state index >= 15 is 0 Å². The molecule has 0 aromatic heterocycles. The number of halogens is 1. The highest BCUT2D eigenvalue weighted by Gasteiger charge is 2.39. The van der Waals surface area contributed by atoms with Crippen molar-refractivity contribution in [3.8, 4) is 5.75 Å². The Bertz CT molecular complexity index is 520. The molecule has 1 heterocycles. The van der Waals surface area contributed by atoms with Crippen LogP contribution in [0.1, 0.15) is 38.3 Å². The highest BCUT2D eigenvalue weighted by molar-refractivity contribution is 5.74. The van der Waals surface area contributed by atoms with E-state index < -0.39 is 17.2 Å². The van der Waals surface area contributed by atoms with Crippen LogP contribution in [0.25, 0.3) is 0 Å². The van der Waals surface area contributed by atoms with Gasteiger partial charge in [0.15, 0.2) is 0 Å². The Morgan fingerprint density at radius 2 is 2.20 bits per heavy atom. The molecule has 1 aromatic carbocycles. The Balaban J connectivity index is 2.20. The predicted molar refractivity (Wildman–Crippen MR) is 73.0 cm³/mol. The smallest absolute Gasteiger partial charge is 0.310 e. The van der Waals surface area contributed by atoms with Crippen molar-refractivity contribution in [2.75, 3.05) is 13.1 Å². The van der Waals surface area contributed by atoms with E-state index in [-0.39, 0.29) is 11.8 Å². The van der Waals surface area contributed by atoms with E-state index in [0.717, 1.165) is 19.0 Å². The number of phenolic OH excluding ortho intramolecular Hbond substituents is 1. The Hall–Kier alpha value is -1.62. The number of likely N-dealkylation sites (tertiary alicyclic amines) is 1. The van der Waals surface area contributed by atoms with E-state index in [0.29, 0.717) is 18.5 Å². The molecule has 1 fully saturated rings. The summed E-state index contributed by atoms with van der Waals surface area (Å²) in [5, 5.41) is 19.2. The molecule has 1 aliphatic rings. The molecule has 0 bridgehead atoms. The van der Waals surface area contributed by atoms with Gasteiger partial charge in [0.25, 0.3) is 0 Å². The van der Waals surface area contributed by atoms with E-state index in [1.165, 1.54) is 6.07 Å². The molecule has 110 valence electrons. The van der Waals surface area contributed by atoms with Crippen LogP contribution in [0.3, 0.4) is 0 Å². The number of aromatic hydroxyl groups is 1. The second-order valence-corrected chi connectivity index (χ2v) is 5.82. The fraction of sp³-hybridized carbons (Fsp3) is 0.533. The van der Waals surface area contributed by atoms with Crippen LogP contribution in [0.4, 0.5) is 4.39 Å². The largest absolute Gasteiger partial charge is 0.508 e. The standard InChI is InChI=1S/C15H20FNO3/c1-10(12-5-4-11(16)8-13(12)18)17-7-3-6-15(2,9-17)14(19)20/h4-5,8,10,18H,3,6-7,9H2,1-2H3,(H,19,20). The number of benzene rings is 1. The topological polar surface area (TPSA) is 60.8 Å². The maximum absolute atomic E-state index is 13.0. The minimum Gasteiger partial charge on any atom is -0.508 e. The van der Waals surface area contributed by atoms with Gasteiger partial charge in [-0.15, -0.1) is 0 Å². The van der Waals surface area contributed by atoms with E-state index in [4.69, 9.17) is 0 Å². The van der Waals surface area contributed by atoms with Crippen molar-refractivity contribution < 1.29 is 19.4 Å². The number of nitrogens with zero attached hydrogens (tertiary/aromatic N) is 1. The molecule has 1 aliphatic heterocycles. The number of rotatable bonds is 3. The number of carbonyl (C=O) groups is 1. The van der Waals surface area contributed by atoms with Gasteiger partial charge in [0.05, 0.1) is 5.41 Å². The zero-order chi connectivity index (χ0) is 14.9. The molecule has 2 N–H and O–H groups in total. The summed E-state index contributed by atoms with van der Waals surface area (Å²) in [6, 6.07) is 3.81. The zero-order valence-electron chi connectivity index (χ0n) is 11.8. The summed E-state index contributed by atoms with van der Waals surface area (Å²) >= 11 is 0. The summed E-state index contributed by atoms with van der Waals surface area (Å²) < 4.78 is 13.0. The first-order chi connectivity index (χ1) is 9.33. The van der Waals surface area contributed by atoms with Crippen molar-refractivity contribution in [2.24, 2.45) is 5.41 Å². The van der Waals surface area contributed by atoms with Crippen LogP contribution in [0.5, 0.6) is 5.75 Å². The number of piperidine rings is 1. The second-order valence-electron chi connectivity index (χ2n) is 5.82. The normalized spacial score (nSPS) is 25.4. The van der Waals surface area contributed by atoms with Crippen LogP contribution in [0.15, 0.2) is 18.2 Å². The van der Waals surface area contributed by atoms with Crippen LogP contribution in [-0.2, 0) is 4.79 Å². The number of hydrogen-bond donors (Lipinski definition) is 2. The molecule has 0 aliphatic carbocycles. The lowest BCUT2D eigenvalue weighted by molar-refractivity contribution is -0.151. The monoisotopic (exact) mass is 281 g/mol. The Labute approximate surface area is 117 Å². The Morgan fingerprint density at radius 1 is 1.50 bits per heavy atom. The molecule has 2 rings (SSSR count). The van der Waals surface area contributed by atoms with Gasteiger partial charge in [-0.05, 0) is 39.3 Å². The molecule has 5 heteroatoms. The lowest BCUT2D eigenvalue weighted by Crippen LogP contribution is -2.46. The number of aliphatic carboxylic acids is 1. The van der Waals surface area contributed by atoms with E-state index in [1.54, 1.807) is 13.0 Å². The third-order valence-electron chi connectivity index (χ3n) is 4.23. The first kappa shape index (κ1) is 14.8. The summed E-state index contributed by atoms with van der Waals surface area (Å²) in [4.78, 5) is 13.4. The average Bonchev–Trinajstić information content (AvgIpc) is 2.38. The van der Waals surface area contributed by atoms with Gasteiger partial charge in [0.2, 0.25) is 0 Å². The minimum atomic E-state index is -0.794. The summed E-state index contributed by atoms with van der Waals surface area (Å²) in [7, 11) is 0. The number of carboxylic acid groups (broad SMARTS) is 1. The van der Waals surface area contributed by atoms with Crippen LogP contribution < -0.4 is 0 Å². The summed E-state index contributed by atoms with van der Waals surface area (Å²) in [6.07, 6.45) is 1.45. The number of phenols is 1. The molecule has 1 saturated heterocycles. The molecule has 2 unspecified atom stereocenters. The van der Waals surface area contributed by atoms with Crippen molar-refractivity contribution in [3.05, 3.63) is 29.6 Å². The predicted octanol–water partition coefficient (Wildman–Crippen LogP) is 2.78. The lowest BCUT2D eigenvalue weighted by Gasteiger charge is -2.40. The summed E-state index contributed by atoms with van der Waals surface area (Å²) in [6.45, 7) is 4.86. The maximum atomic E-state index is 13.0. The highest BCUT2D eigenvalue weighted by atomic mass is 19.1. The van der Waals surface area contributed by atoms with Gasteiger partial charge in [-0.3, -0.25) is 9.69 Å². The van der Waals surface area contributed by atoms with Gasteiger partial charge in [-0.25, -0.2) is 4.39 Å². The van der Waals surface area contributed by atoms with Crippen molar-refractivity contribution >= 4 is 5.97 Å².